The van der Waals surface area contributed by atoms with Crippen LogP contribution in [0.25, 0.3) is 0 Å². The predicted octanol–water partition coefficient (Wildman–Crippen LogP) is 4.43. The number of thiazole rings is 1. The summed E-state index contributed by atoms with van der Waals surface area (Å²) in [5.74, 6) is 0.884. The van der Waals surface area contributed by atoms with E-state index in [2.05, 4.69) is 76.7 Å². The third-order valence-electron chi connectivity index (χ3n) is 5.38. The molecule has 8 heteroatoms. The summed E-state index contributed by atoms with van der Waals surface area (Å²) in [5, 5.41) is 6.69. The van der Waals surface area contributed by atoms with Gasteiger partial charge in [-0.3, -0.25) is 9.89 Å². The highest BCUT2D eigenvalue weighted by molar-refractivity contribution is 14.0. The first kappa shape index (κ1) is 27.8. The first-order chi connectivity index (χ1) is 14.5. The fourth-order valence-corrected chi connectivity index (χ4v) is 4.39. The Morgan fingerprint density at radius 1 is 1.23 bits per heavy atom. The van der Waals surface area contributed by atoms with E-state index in [1.54, 1.807) is 18.4 Å². The first-order valence-electron chi connectivity index (χ1n) is 10.7. The van der Waals surface area contributed by atoms with Crippen LogP contribution in [0, 0.1) is 0 Å². The lowest BCUT2D eigenvalue weighted by atomic mass is 10.0. The molecule has 0 radical (unpaired) electrons. The van der Waals surface area contributed by atoms with Gasteiger partial charge < -0.3 is 15.0 Å². The van der Waals surface area contributed by atoms with Gasteiger partial charge in [0.25, 0.3) is 0 Å². The van der Waals surface area contributed by atoms with E-state index in [0.717, 1.165) is 42.7 Å². The van der Waals surface area contributed by atoms with Crippen molar-refractivity contribution in [3.05, 3.63) is 52.0 Å². The van der Waals surface area contributed by atoms with Crippen LogP contribution < -0.4 is 5.32 Å². The summed E-state index contributed by atoms with van der Waals surface area (Å²) in [5.41, 5.74) is 2.40. The Balaban J connectivity index is 0.00000480. The van der Waals surface area contributed by atoms with E-state index in [-0.39, 0.29) is 30.1 Å². The lowest BCUT2D eigenvalue weighted by molar-refractivity contribution is 0.119. The van der Waals surface area contributed by atoms with Gasteiger partial charge in [0.15, 0.2) is 5.96 Å². The number of halogens is 1. The van der Waals surface area contributed by atoms with Gasteiger partial charge in [-0.1, -0.05) is 44.2 Å². The number of nitrogens with zero attached hydrogens (tertiary/aromatic N) is 4. The second-order valence-corrected chi connectivity index (χ2v) is 8.29. The molecule has 0 bridgehead atoms. The van der Waals surface area contributed by atoms with Crippen LogP contribution >= 0.6 is 35.3 Å². The highest BCUT2D eigenvalue weighted by atomic mass is 127. The Labute approximate surface area is 209 Å². The minimum Gasteiger partial charge on any atom is -0.375 e. The summed E-state index contributed by atoms with van der Waals surface area (Å²) in [6.07, 6.45) is 1.04. The Hall–Kier alpha value is -1.23. The number of nitrogens with one attached hydrogen (secondary N) is 1. The highest BCUT2D eigenvalue weighted by Gasteiger charge is 2.18. The molecule has 1 aromatic heterocycles. The Morgan fingerprint density at radius 3 is 2.48 bits per heavy atom. The maximum atomic E-state index is 5.37. The smallest absolute Gasteiger partial charge is 0.193 e. The van der Waals surface area contributed by atoms with Crippen molar-refractivity contribution in [1.29, 1.82) is 0 Å². The molecule has 0 aliphatic carbocycles. The zero-order valence-electron chi connectivity index (χ0n) is 19.7. The molecule has 0 saturated carbocycles. The van der Waals surface area contributed by atoms with Crippen LogP contribution in [0.1, 0.15) is 43.1 Å². The van der Waals surface area contributed by atoms with Crippen molar-refractivity contribution in [3.8, 4) is 0 Å². The fourth-order valence-electron chi connectivity index (χ4n) is 3.55. The summed E-state index contributed by atoms with van der Waals surface area (Å²) >= 11 is 1.64. The lowest BCUT2D eigenvalue weighted by Crippen LogP contribution is -2.48. The number of aliphatic imine (C=N–C) groups is 1. The summed E-state index contributed by atoms with van der Waals surface area (Å²) in [4.78, 5) is 13.8. The number of aromatic nitrogens is 1. The van der Waals surface area contributed by atoms with E-state index >= 15 is 0 Å². The molecule has 174 valence electrons. The molecular formula is C23H38IN5OS. The van der Waals surface area contributed by atoms with Gasteiger partial charge in [-0.25, -0.2) is 4.98 Å². The molecule has 0 saturated heterocycles. The molecule has 2 unspecified atom stereocenters. The molecule has 1 aromatic carbocycles. The van der Waals surface area contributed by atoms with Gasteiger partial charge in [0.2, 0.25) is 0 Å². The standard InChI is InChI=1S/C23H37N5OS.HI/c1-7-28(8-2)21(14-19-12-10-9-11-13-19)15-25-23(24-4)27(5)16-20-17-30-22(26-20)18(3)29-6;/h9-13,17-18,21H,7-8,14-16H2,1-6H3,(H,24,25);1H. The molecule has 0 spiro atoms. The van der Waals surface area contributed by atoms with Gasteiger partial charge in [-0.15, -0.1) is 35.3 Å². The quantitative estimate of drug-likeness (QED) is 0.251. The van der Waals surface area contributed by atoms with Crippen molar-refractivity contribution in [1.82, 2.24) is 20.1 Å². The van der Waals surface area contributed by atoms with Crippen LogP contribution in [0.3, 0.4) is 0 Å². The molecule has 1 heterocycles. The van der Waals surface area contributed by atoms with Crippen molar-refractivity contribution >= 4 is 41.3 Å². The van der Waals surface area contributed by atoms with Crippen molar-refractivity contribution in [3.63, 3.8) is 0 Å². The molecule has 0 fully saturated rings. The number of benzene rings is 1. The van der Waals surface area contributed by atoms with Gasteiger partial charge in [0.05, 0.1) is 12.2 Å². The Bertz CT molecular complexity index is 766. The van der Waals surface area contributed by atoms with Crippen molar-refractivity contribution < 1.29 is 4.74 Å². The van der Waals surface area contributed by atoms with Crippen LogP contribution in [0.2, 0.25) is 0 Å². The van der Waals surface area contributed by atoms with Gasteiger partial charge in [0, 0.05) is 39.2 Å². The molecule has 0 aliphatic rings. The van der Waals surface area contributed by atoms with Crippen LogP contribution in [-0.2, 0) is 17.7 Å². The van der Waals surface area contributed by atoms with Crippen LogP contribution in [0.15, 0.2) is 40.7 Å². The van der Waals surface area contributed by atoms with E-state index < -0.39 is 0 Å². The van der Waals surface area contributed by atoms with Crippen molar-refractivity contribution in [2.75, 3.05) is 40.8 Å². The number of methoxy groups -OCH3 is 1. The monoisotopic (exact) mass is 559 g/mol. The molecule has 2 rings (SSSR count). The van der Waals surface area contributed by atoms with Crippen LogP contribution in [0.4, 0.5) is 0 Å². The normalized spacial score (nSPS) is 13.6. The number of hydrogen-bond acceptors (Lipinski definition) is 5. The fraction of sp³-hybridized carbons (Fsp3) is 0.565. The molecule has 0 amide bonds. The van der Waals surface area contributed by atoms with Gasteiger partial charge in [-0.2, -0.15) is 0 Å². The second-order valence-electron chi connectivity index (χ2n) is 7.40. The number of rotatable bonds is 11. The summed E-state index contributed by atoms with van der Waals surface area (Å²) < 4.78 is 5.37. The van der Waals surface area contributed by atoms with Gasteiger partial charge >= 0.3 is 0 Å². The van der Waals surface area contributed by atoms with Gasteiger partial charge in [-0.05, 0) is 32.0 Å². The van der Waals surface area contributed by atoms with Crippen LogP contribution in [-0.4, -0.2) is 67.6 Å². The number of guanidine groups is 1. The summed E-state index contributed by atoms with van der Waals surface area (Å²) in [7, 11) is 5.60. The van der Waals surface area contributed by atoms with Gasteiger partial charge in [0.1, 0.15) is 11.1 Å². The molecule has 2 aromatic rings. The zero-order chi connectivity index (χ0) is 21.9. The molecular weight excluding hydrogens is 521 g/mol. The van der Waals surface area contributed by atoms with E-state index in [1.165, 1.54) is 5.56 Å². The highest BCUT2D eigenvalue weighted by Crippen LogP contribution is 2.21. The Morgan fingerprint density at radius 2 is 1.90 bits per heavy atom. The van der Waals surface area contributed by atoms with E-state index in [0.29, 0.717) is 12.6 Å². The minimum atomic E-state index is 0. The number of hydrogen-bond donors (Lipinski definition) is 1. The number of ether oxygens (including phenoxy) is 1. The third kappa shape index (κ3) is 8.67. The summed E-state index contributed by atoms with van der Waals surface area (Å²) in [6.45, 7) is 10.1. The molecule has 2 atom stereocenters. The average molecular weight is 560 g/mol. The number of likely N-dealkylation sites (N-methyl/N-ethyl adjacent to an activating group) is 1. The van der Waals surface area contributed by atoms with Crippen LogP contribution in [0.5, 0.6) is 0 Å². The van der Waals surface area contributed by atoms with Crippen molar-refractivity contribution in [2.45, 2.75) is 45.9 Å². The molecule has 31 heavy (non-hydrogen) atoms. The third-order valence-corrected chi connectivity index (χ3v) is 6.44. The van der Waals surface area contributed by atoms with E-state index in [4.69, 9.17) is 9.72 Å². The largest absolute Gasteiger partial charge is 0.375 e. The maximum Gasteiger partial charge on any atom is 0.193 e. The average Bonchev–Trinajstić information content (AvgIpc) is 3.23. The lowest BCUT2D eigenvalue weighted by Gasteiger charge is -2.31. The van der Waals surface area contributed by atoms with Crippen molar-refractivity contribution in [2.24, 2.45) is 4.99 Å². The van der Waals surface area contributed by atoms with E-state index in [9.17, 15) is 0 Å². The Kier molecular flexibility index (Phi) is 13.2. The minimum absolute atomic E-state index is 0. The van der Waals surface area contributed by atoms with E-state index in [1.807, 2.05) is 14.0 Å². The SMILES string of the molecule is CCN(CC)C(CNC(=NC)N(C)Cc1csc(C(C)OC)n1)Cc1ccccc1.I. The topological polar surface area (TPSA) is 53.0 Å². The summed E-state index contributed by atoms with van der Waals surface area (Å²) in [6, 6.07) is 11.1. The molecule has 0 aliphatic heterocycles. The molecule has 1 N–H and O–H groups in total. The first-order valence-corrected chi connectivity index (χ1v) is 11.6. The maximum absolute atomic E-state index is 5.37. The zero-order valence-corrected chi connectivity index (χ0v) is 22.8. The molecule has 6 nitrogen and oxygen atoms in total. The second kappa shape index (κ2) is 14.8. The predicted molar refractivity (Wildman–Crippen MR) is 143 cm³/mol.